The van der Waals surface area contributed by atoms with Crippen LogP contribution < -0.4 is 5.32 Å². The molecule has 1 N–H and O–H groups in total. The minimum atomic E-state index is -4.32. The summed E-state index contributed by atoms with van der Waals surface area (Å²) in [6, 6.07) is 12.9. The quantitative estimate of drug-likeness (QED) is 0.499. The monoisotopic (exact) mass is 493 g/mol. The van der Waals surface area contributed by atoms with Gasteiger partial charge in [-0.15, -0.1) is 0 Å². The van der Waals surface area contributed by atoms with Crippen molar-refractivity contribution in [3.05, 3.63) is 53.0 Å². The van der Waals surface area contributed by atoms with Crippen molar-refractivity contribution in [1.82, 2.24) is 0 Å². The first kappa shape index (κ1) is 21.5. The van der Waals surface area contributed by atoms with Crippen molar-refractivity contribution in [2.45, 2.75) is 52.3 Å². The Morgan fingerprint density at radius 2 is 1.64 bits per heavy atom. The molecule has 0 atom stereocenters. The van der Waals surface area contributed by atoms with E-state index >= 15 is 0 Å². The Hall–Kier alpha value is -1.19. The molecule has 0 aromatic heterocycles. The van der Waals surface area contributed by atoms with E-state index in [1.54, 1.807) is 36.4 Å². The summed E-state index contributed by atoms with van der Waals surface area (Å²) >= 11 is 3.16. The molecule has 0 heterocycles. The van der Waals surface area contributed by atoms with Crippen LogP contribution in [-0.2, 0) is 9.84 Å². The maximum absolute atomic E-state index is 12.8. The predicted octanol–water partition coefficient (Wildman–Crippen LogP) is 6.26. The van der Waals surface area contributed by atoms with E-state index in [1.165, 1.54) is 12.1 Å². The van der Waals surface area contributed by atoms with Gasteiger partial charge in [-0.05, 0) is 79.9 Å². The molecule has 3 nitrogen and oxygen atoms in total. The van der Waals surface area contributed by atoms with Gasteiger partial charge in [0.05, 0.1) is 10.1 Å². The van der Waals surface area contributed by atoms with Crippen molar-refractivity contribution in [3.63, 3.8) is 0 Å². The summed E-state index contributed by atoms with van der Waals surface area (Å²) in [6.07, 6.45) is 2.34. The van der Waals surface area contributed by atoms with Gasteiger partial charge in [-0.25, -0.2) is 8.42 Å². The van der Waals surface area contributed by atoms with E-state index in [1.807, 2.05) is 0 Å². The highest BCUT2D eigenvalue weighted by molar-refractivity contribution is 9.10. The highest BCUT2D eigenvalue weighted by atomic mass is 79.9. The predicted molar refractivity (Wildman–Crippen MR) is 109 cm³/mol. The van der Waals surface area contributed by atoms with Crippen molar-refractivity contribution < 1.29 is 21.6 Å². The highest BCUT2D eigenvalue weighted by Crippen LogP contribution is 2.38. The Morgan fingerprint density at radius 1 is 1.00 bits per heavy atom. The maximum Gasteiger partial charge on any atom is 0.446 e. The smallest absolute Gasteiger partial charge is 0.382 e. The first-order valence-electron chi connectivity index (χ1n) is 8.75. The third-order valence-corrected chi connectivity index (χ3v) is 8.22. The number of thioether (sulfide) groups is 1. The lowest BCUT2D eigenvalue weighted by atomic mass is 9.95. The third kappa shape index (κ3) is 5.67. The van der Waals surface area contributed by atoms with Crippen LogP contribution in [0.25, 0.3) is 0 Å². The van der Waals surface area contributed by atoms with E-state index in [0.29, 0.717) is 36.3 Å². The Balaban J connectivity index is 1.60. The Kier molecular flexibility index (Phi) is 6.66. The van der Waals surface area contributed by atoms with Crippen LogP contribution in [0.5, 0.6) is 0 Å². The molecule has 0 saturated heterocycles. The number of alkyl halides is 3. The van der Waals surface area contributed by atoms with Crippen LogP contribution in [0.2, 0.25) is 0 Å². The fourth-order valence-electron chi connectivity index (χ4n) is 3.35. The van der Waals surface area contributed by atoms with Gasteiger partial charge in [0.1, 0.15) is 0 Å². The summed E-state index contributed by atoms with van der Waals surface area (Å²) in [7, 11) is -3.38. The molecule has 2 aromatic rings. The molecule has 0 amide bonds. The molecule has 152 valence electrons. The van der Waals surface area contributed by atoms with Gasteiger partial charge < -0.3 is 5.32 Å². The zero-order valence-corrected chi connectivity index (χ0v) is 18.0. The molecule has 1 saturated carbocycles. The lowest BCUT2D eigenvalue weighted by molar-refractivity contribution is -0.0328. The molecular formula is C19H19BrF3NO2S2. The fraction of sp³-hybridized carbons (Fsp3) is 0.368. The van der Waals surface area contributed by atoms with Crippen LogP contribution in [0.4, 0.5) is 18.9 Å². The molecular weight excluding hydrogens is 475 g/mol. The van der Waals surface area contributed by atoms with Gasteiger partial charge in [0.2, 0.25) is 0 Å². The fourth-order valence-corrected chi connectivity index (χ4v) is 6.01. The molecule has 28 heavy (non-hydrogen) atoms. The second-order valence-corrected chi connectivity index (χ2v) is 11.0. The van der Waals surface area contributed by atoms with Gasteiger partial charge in [0, 0.05) is 21.1 Å². The largest absolute Gasteiger partial charge is 0.446 e. The molecule has 0 bridgehead atoms. The SMILES string of the molecule is O=S(=O)(c1ccc(Br)cc1)[C@H]1CC[C@H](Nc2cccc(SC(F)(F)F)c2)CC1. The van der Waals surface area contributed by atoms with Crippen LogP contribution in [0.1, 0.15) is 25.7 Å². The van der Waals surface area contributed by atoms with Gasteiger partial charge in [-0.2, -0.15) is 13.2 Å². The number of hydrogen-bond acceptors (Lipinski definition) is 4. The van der Waals surface area contributed by atoms with Gasteiger partial charge in [0.25, 0.3) is 0 Å². The molecule has 1 aliphatic rings. The lowest BCUT2D eigenvalue weighted by Crippen LogP contribution is -2.32. The normalized spacial score (nSPS) is 20.7. The molecule has 1 aliphatic carbocycles. The van der Waals surface area contributed by atoms with Crippen LogP contribution in [0.15, 0.2) is 62.8 Å². The molecule has 0 spiro atoms. The van der Waals surface area contributed by atoms with Crippen LogP contribution in [0, 0.1) is 0 Å². The molecule has 2 aromatic carbocycles. The summed E-state index contributed by atoms with van der Waals surface area (Å²) in [4.78, 5) is 0.452. The summed E-state index contributed by atoms with van der Waals surface area (Å²) in [5.74, 6) is 0. The van der Waals surface area contributed by atoms with Gasteiger partial charge >= 0.3 is 5.51 Å². The average molecular weight is 494 g/mol. The van der Waals surface area contributed by atoms with Crippen LogP contribution in [0.3, 0.4) is 0 Å². The van der Waals surface area contributed by atoms with Crippen LogP contribution >= 0.6 is 27.7 Å². The standard InChI is InChI=1S/C19H19BrF3NO2S2/c20-13-4-8-17(9-5-13)28(25,26)18-10-6-14(7-11-18)24-15-2-1-3-16(12-15)27-19(21,22)23/h1-5,8-9,12,14,18,24H,6-7,10-11H2/t14-,18-. The van der Waals surface area contributed by atoms with Gasteiger partial charge in [0.15, 0.2) is 9.84 Å². The van der Waals surface area contributed by atoms with Crippen molar-refractivity contribution in [3.8, 4) is 0 Å². The van der Waals surface area contributed by atoms with Gasteiger partial charge in [-0.3, -0.25) is 0 Å². The first-order valence-corrected chi connectivity index (χ1v) is 11.9. The Labute approximate surface area is 175 Å². The number of halogens is 4. The van der Waals surface area contributed by atoms with Crippen molar-refractivity contribution in [1.29, 1.82) is 0 Å². The van der Waals surface area contributed by atoms with E-state index < -0.39 is 20.6 Å². The molecule has 3 rings (SSSR count). The minimum Gasteiger partial charge on any atom is -0.382 e. The molecule has 1 fully saturated rings. The summed E-state index contributed by atoms with van der Waals surface area (Å²) < 4.78 is 64.0. The topological polar surface area (TPSA) is 46.2 Å². The highest BCUT2D eigenvalue weighted by Gasteiger charge is 2.32. The Morgan fingerprint density at radius 3 is 2.25 bits per heavy atom. The zero-order valence-electron chi connectivity index (χ0n) is 14.7. The number of anilines is 1. The van der Waals surface area contributed by atoms with E-state index in [2.05, 4.69) is 21.2 Å². The van der Waals surface area contributed by atoms with E-state index in [9.17, 15) is 21.6 Å². The van der Waals surface area contributed by atoms with E-state index in [0.717, 1.165) is 4.47 Å². The zero-order chi connectivity index (χ0) is 20.4. The van der Waals surface area contributed by atoms with Crippen molar-refractivity contribution in [2.75, 3.05) is 5.32 Å². The second-order valence-electron chi connectivity index (χ2n) is 6.69. The number of sulfone groups is 1. The summed E-state index contributed by atoms with van der Waals surface area (Å²) in [6.45, 7) is 0. The molecule has 9 heteroatoms. The van der Waals surface area contributed by atoms with E-state index in [4.69, 9.17) is 0 Å². The second kappa shape index (κ2) is 8.67. The molecule has 0 aliphatic heterocycles. The van der Waals surface area contributed by atoms with Gasteiger partial charge in [-0.1, -0.05) is 22.0 Å². The lowest BCUT2D eigenvalue weighted by Gasteiger charge is -2.29. The van der Waals surface area contributed by atoms with E-state index in [-0.39, 0.29) is 22.7 Å². The van der Waals surface area contributed by atoms with Crippen LogP contribution in [-0.4, -0.2) is 25.2 Å². The average Bonchev–Trinajstić information content (AvgIpc) is 2.61. The molecule has 0 unspecified atom stereocenters. The summed E-state index contributed by atoms with van der Waals surface area (Å²) in [5.41, 5.74) is -3.70. The number of benzene rings is 2. The van der Waals surface area contributed by atoms with Crippen molar-refractivity contribution in [2.24, 2.45) is 0 Å². The minimum absolute atomic E-state index is 0.0440. The third-order valence-electron chi connectivity index (χ3n) is 4.69. The van der Waals surface area contributed by atoms with Crippen molar-refractivity contribution >= 4 is 43.2 Å². The summed E-state index contributed by atoms with van der Waals surface area (Å²) in [5, 5.41) is 2.81. The number of hydrogen-bond donors (Lipinski definition) is 1. The number of rotatable bonds is 5. The Bertz CT molecular complexity index is 910. The maximum atomic E-state index is 12.8. The molecule has 0 radical (unpaired) electrons. The number of nitrogens with one attached hydrogen (secondary N) is 1. The first-order chi connectivity index (χ1) is 13.1.